The van der Waals surface area contributed by atoms with E-state index in [-0.39, 0.29) is 5.91 Å². The van der Waals surface area contributed by atoms with Crippen LogP contribution in [0.1, 0.15) is 38.5 Å². The van der Waals surface area contributed by atoms with Gasteiger partial charge < -0.3 is 15.4 Å². The molecule has 0 spiro atoms. The summed E-state index contributed by atoms with van der Waals surface area (Å²) in [5.41, 5.74) is 5.59. The van der Waals surface area contributed by atoms with Crippen molar-refractivity contribution in [2.24, 2.45) is 5.73 Å². The van der Waals surface area contributed by atoms with Crippen LogP contribution in [-0.4, -0.2) is 43.7 Å². The van der Waals surface area contributed by atoms with Crippen LogP contribution in [0, 0.1) is 0 Å². The average Bonchev–Trinajstić information content (AvgIpc) is 2.29. The van der Waals surface area contributed by atoms with Gasteiger partial charge in [0.15, 0.2) is 0 Å². The minimum atomic E-state index is -0.597. The lowest BCUT2D eigenvalue weighted by Gasteiger charge is -2.35. The van der Waals surface area contributed by atoms with Crippen LogP contribution in [0.25, 0.3) is 0 Å². The van der Waals surface area contributed by atoms with E-state index in [9.17, 15) is 4.79 Å². The molecule has 1 rings (SSSR count). The van der Waals surface area contributed by atoms with Gasteiger partial charge in [-0.15, -0.1) is 0 Å². The first kappa shape index (κ1) is 13.5. The highest BCUT2D eigenvalue weighted by Crippen LogP contribution is 2.27. The molecule has 94 valence electrons. The number of likely N-dealkylation sites (N-methyl/N-ethyl adjacent to an activating group) is 1. The molecule has 0 saturated heterocycles. The van der Waals surface area contributed by atoms with Crippen molar-refractivity contribution in [2.45, 2.75) is 44.1 Å². The van der Waals surface area contributed by atoms with E-state index in [1.807, 2.05) is 7.05 Å². The monoisotopic (exact) mass is 228 g/mol. The van der Waals surface area contributed by atoms with E-state index in [4.69, 9.17) is 10.5 Å². The van der Waals surface area contributed by atoms with Crippen molar-refractivity contribution >= 4 is 5.91 Å². The topological polar surface area (TPSA) is 55.6 Å². The van der Waals surface area contributed by atoms with Crippen LogP contribution in [-0.2, 0) is 9.53 Å². The van der Waals surface area contributed by atoms with Crippen molar-refractivity contribution in [1.82, 2.24) is 4.90 Å². The molecule has 0 unspecified atom stereocenters. The Balaban J connectivity index is 2.41. The molecular weight excluding hydrogens is 204 g/mol. The van der Waals surface area contributed by atoms with Gasteiger partial charge in [0.25, 0.3) is 0 Å². The number of carbonyl (C=O) groups excluding carboxylic acids is 1. The fourth-order valence-corrected chi connectivity index (χ4v) is 2.32. The van der Waals surface area contributed by atoms with Gasteiger partial charge in [0.05, 0.1) is 5.54 Å². The molecule has 4 nitrogen and oxygen atoms in total. The quantitative estimate of drug-likeness (QED) is 0.718. The molecule has 1 amide bonds. The highest BCUT2D eigenvalue weighted by atomic mass is 16.5. The van der Waals surface area contributed by atoms with Gasteiger partial charge in [0, 0.05) is 27.3 Å². The molecule has 4 heteroatoms. The van der Waals surface area contributed by atoms with Gasteiger partial charge in [0.2, 0.25) is 5.91 Å². The molecular formula is C12H24N2O2. The Kier molecular flexibility index (Phi) is 5.22. The molecule has 1 aliphatic carbocycles. The van der Waals surface area contributed by atoms with Crippen molar-refractivity contribution in [2.75, 3.05) is 27.3 Å². The first-order chi connectivity index (χ1) is 7.60. The average molecular weight is 228 g/mol. The minimum Gasteiger partial charge on any atom is -0.385 e. The molecule has 0 radical (unpaired) electrons. The Bertz CT molecular complexity index is 225. The van der Waals surface area contributed by atoms with Crippen LogP contribution < -0.4 is 5.73 Å². The van der Waals surface area contributed by atoms with Crippen LogP contribution in [0.15, 0.2) is 0 Å². The van der Waals surface area contributed by atoms with E-state index < -0.39 is 5.54 Å². The zero-order chi connectivity index (χ0) is 12.0. The summed E-state index contributed by atoms with van der Waals surface area (Å²) in [5.74, 6) is 0.100. The maximum absolute atomic E-state index is 12.2. The lowest BCUT2D eigenvalue weighted by Crippen LogP contribution is -2.55. The normalized spacial score (nSPS) is 19.4. The molecule has 0 aliphatic heterocycles. The first-order valence-electron chi connectivity index (χ1n) is 6.13. The third kappa shape index (κ3) is 3.46. The number of rotatable bonds is 5. The SMILES string of the molecule is COCCCN(C)C(=O)C1(N)CCCCC1. The third-order valence-corrected chi connectivity index (χ3v) is 3.36. The van der Waals surface area contributed by atoms with Gasteiger partial charge in [0.1, 0.15) is 0 Å². The van der Waals surface area contributed by atoms with Crippen LogP contribution in [0.4, 0.5) is 0 Å². The fourth-order valence-electron chi connectivity index (χ4n) is 2.32. The second kappa shape index (κ2) is 6.21. The Morgan fingerprint density at radius 3 is 2.56 bits per heavy atom. The third-order valence-electron chi connectivity index (χ3n) is 3.36. The fraction of sp³-hybridized carbons (Fsp3) is 0.917. The second-order valence-corrected chi connectivity index (χ2v) is 4.79. The summed E-state index contributed by atoms with van der Waals surface area (Å²) in [7, 11) is 3.51. The molecule has 0 atom stereocenters. The number of methoxy groups -OCH3 is 1. The highest BCUT2D eigenvalue weighted by molar-refractivity contribution is 5.86. The molecule has 0 aromatic heterocycles. The van der Waals surface area contributed by atoms with Crippen molar-refractivity contribution in [3.05, 3.63) is 0 Å². The van der Waals surface area contributed by atoms with E-state index in [0.29, 0.717) is 6.61 Å². The Morgan fingerprint density at radius 2 is 2.00 bits per heavy atom. The second-order valence-electron chi connectivity index (χ2n) is 4.79. The molecule has 1 saturated carbocycles. The molecule has 0 bridgehead atoms. The zero-order valence-corrected chi connectivity index (χ0v) is 10.5. The van der Waals surface area contributed by atoms with Crippen molar-refractivity contribution in [1.29, 1.82) is 0 Å². The van der Waals surface area contributed by atoms with E-state index in [1.165, 1.54) is 6.42 Å². The zero-order valence-electron chi connectivity index (χ0n) is 10.5. The summed E-state index contributed by atoms with van der Waals surface area (Å²) in [6.45, 7) is 1.42. The van der Waals surface area contributed by atoms with Gasteiger partial charge in [-0.2, -0.15) is 0 Å². The molecule has 2 N–H and O–H groups in total. The lowest BCUT2D eigenvalue weighted by molar-refractivity contribution is -0.137. The van der Waals surface area contributed by atoms with Gasteiger partial charge in [-0.25, -0.2) is 0 Å². The number of nitrogens with two attached hydrogens (primary N) is 1. The Hall–Kier alpha value is -0.610. The van der Waals surface area contributed by atoms with E-state index >= 15 is 0 Å². The molecule has 0 aromatic rings. The number of ether oxygens (including phenoxy) is 1. The van der Waals surface area contributed by atoms with Crippen LogP contribution >= 0.6 is 0 Å². The summed E-state index contributed by atoms with van der Waals surface area (Å²) in [5, 5.41) is 0. The van der Waals surface area contributed by atoms with Gasteiger partial charge >= 0.3 is 0 Å². The van der Waals surface area contributed by atoms with E-state index in [1.54, 1.807) is 12.0 Å². The predicted octanol–water partition coefficient (Wildman–Crippen LogP) is 1.14. The van der Waals surface area contributed by atoms with Gasteiger partial charge in [-0.05, 0) is 19.3 Å². The largest absolute Gasteiger partial charge is 0.385 e. The summed E-state index contributed by atoms with van der Waals surface area (Å²) in [6.07, 6.45) is 5.90. The van der Waals surface area contributed by atoms with Crippen molar-refractivity contribution in [3.63, 3.8) is 0 Å². The lowest BCUT2D eigenvalue weighted by atomic mass is 9.81. The number of hydrogen-bond donors (Lipinski definition) is 1. The van der Waals surface area contributed by atoms with Gasteiger partial charge in [-0.1, -0.05) is 19.3 Å². The molecule has 0 aromatic carbocycles. The maximum atomic E-state index is 12.2. The molecule has 1 fully saturated rings. The summed E-state index contributed by atoms with van der Waals surface area (Å²) < 4.78 is 4.97. The summed E-state index contributed by atoms with van der Waals surface area (Å²) in [4.78, 5) is 13.9. The number of carbonyl (C=O) groups is 1. The Morgan fingerprint density at radius 1 is 1.38 bits per heavy atom. The summed E-state index contributed by atoms with van der Waals surface area (Å²) in [6, 6.07) is 0. The number of hydrogen-bond acceptors (Lipinski definition) is 3. The predicted molar refractivity (Wildman–Crippen MR) is 64.1 cm³/mol. The highest BCUT2D eigenvalue weighted by Gasteiger charge is 2.36. The minimum absolute atomic E-state index is 0.100. The molecule has 0 heterocycles. The summed E-state index contributed by atoms with van der Waals surface area (Å²) >= 11 is 0. The van der Waals surface area contributed by atoms with E-state index in [2.05, 4.69) is 0 Å². The smallest absolute Gasteiger partial charge is 0.242 e. The van der Waals surface area contributed by atoms with Crippen LogP contribution in [0.5, 0.6) is 0 Å². The van der Waals surface area contributed by atoms with Crippen molar-refractivity contribution < 1.29 is 9.53 Å². The van der Waals surface area contributed by atoms with Crippen LogP contribution in [0.2, 0.25) is 0 Å². The first-order valence-corrected chi connectivity index (χ1v) is 6.13. The Labute approximate surface area is 98.1 Å². The van der Waals surface area contributed by atoms with E-state index in [0.717, 1.165) is 38.6 Å². The van der Waals surface area contributed by atoms with Crippen molar-refractivity contribution in [3.8, 4) is 0 Å². The standard InChI is InChI=1S/C12H24N2O2/c1-14(9-6-10-16-2)11(15)12(13)7-4-3-5-8-12/h3-10,13H2,1-2H3. The number of amides is 1. The van der Waals surface area contributed by atoms with Gasteiger partial charge in [-0.3, -0.25) is 4.79 Å². The van der Waals surface area contributed by atoms with Crippen LogP contribution in [0.3, 0.4) is 0 Å². The maximum Gasteiger partial charge on any atom is 0.242 e. The number of nitrogens with zero attached hydrogens (tertiary/aromatic N) is 1. The molecule has 1 aliphatic rings. The molecule has 16 heavy (non-hydrogen) atoms.